The highest BCUT2D eigenvalue weighted by molar-refractivity contribution is 14.1. The topological polar surface area (TPSA) is 56.2 Å². The molecule has 0 aliphatic heterocycles. The standard InChI is InChI=1S/C13H14IN3O2/c1-17-8-11(14)12(16-17)7-15-13(18)19-9-10-5-3-2-4-6-10/h2-6,8H,7,9H2,1H3,(H,15,18). The van der Waals surface area contributed by atoms with Gasteiger partial charge in [-0.25, -0.2) is 4.79 Å². The number of aryl methyl sites for hydroxylation is 1. The van der Waals surface area contributed by atoms with E-state index in [0.717, 1.165) is 14.8 Å². The van der Waals surface area contributed by atoms with Crippen molar-refractivity contribution in [1.82, 2.24) is 15.1 Å². The maximum Gasteiger partial charge on any atom is 0.407 e. The monoisotopic (exact) mass is 371 g/mol. The van der Waals surface area contributed by atoms with Gasteiger partial charge in [-0.05, 0) is 28.2 Å². The van der Waals surface area contributed by atoms with Crippen LogP contribution >= 0.6 is 22.6 Å². The Bertz CT molecular complexity index is 554. The molecule has 1 amide bonds. The number of nitrogens with one attached hydrogen (secondary N) is 1. The number of carbonyl (C=O) groups excluding carboxylic acids is 1. The Kier molecular flexibility index (Phi) is 4.78. The predicted octanol–water partition coefficient (Wildman–Crippen LogP) is 2.45. The molecule has 0 radical (unpaired) electrons. The van der Waals surface area contributed by atoms with E-state index in [0.29, 0.717) is 6.54 Å². The number of aromatic nitrogens is 2. The summed E-state index contributed by atoms with van der Waals surface area (Å²) >= 11 is 2.18. The second-order valence-electron chi connectivity index (χ2n) is 4.01. The molecule has 0 saturated carbocycles. The number of rotatable bonds is 4. The summed E-state index contributed by atoms with van der Waals surface area (Å²) in [5, 5.41) is 6.92. The second kappa shape index (κ2) is 6.55. The third-order valence-electron chi connectivity index (χ3n) is 2.47. The van der Waals surface area contributed by atoms with Crippen LogP contribution in [0.15, 0.2) is 36.5 Å². The lowest BCUT2D eigenvalue weighted by atomic mass is 10.2. The number of nitrogens with zero attached hydrogens (tertiary/aromatic N) is 2. The van der Waals surface area contributed by atoms with E-state index in [9.17, 15) is 4.79 Å². The smallest absolute Gasteiger partial charge is 0.407 e. The Labute approximate surface area is 125 Å². The maximum absolute atomic E-state index is 11.5. The Morgan fingerprint density at radius 3 is 2.79 bits per heavy atom. The van der Waals surface area contributed by atoms with Gasteiger partial charge in [0.05, 0.1) is 15.8 Å². The summed E-state index contributed by atoms with van der Waals surface area (Å²) in [7, 11) is 1.85. The number of benzene rings is 1. The van der Waals surface area contributed by atoms with Crippen LogP contribution in [0.25, 0.3) is 0 Å². The van der Waals surface area contributed by atoms with E-state index in [2.05, 4.69) is 33.0 Å². The molecule has 100 valence electrons. The molecule has 0 bridgehead atoms. The van der Waals surface area contributed by atoms with Gasteiger partial charge in [0.25, 0.3) is 0 Å². The van der Waals surface area contributed by atoms with Crippen LogP contribution in [-0.2, 0) is 24.9 Å². The van der Waals surface area contributed by atoms with Crippen LogP contribution in [0.2, 0.25) is 0 Å². The molecule has 2 aromatic rings. The van der Waals surface area contributed by atoms with E-state index in [4.69, 9.17) is 4.74 Å². The largest absolute Gasteiger partial charge is 0.445 e. The van der Waals surface area contributed by atoms with Gasteiger partial charge < -0.3 is 10.1 Å². The zero-order chi connectivity index (χ0) is 13.7. The number of alkyl carbamates (subject to hydrolysis) is 1. The molecule has 1 aromatic heterocycles. The van der Waals surface area contributed by atoms with E-state index < -0.39 is 6.09 Å². The molecule has 0 aliphatic rings. The molecule has 0 fully saturated rings. The van der Waals surface area contributed by atoms with Gasteiger partial charge in [0.15, 0.2) is 0 Å². The molecule has 2 rings (SSSR count). The second-order valence-corrected chi connectivity index (χ2v) is 5.17. The van der Waals surface area contributed by atoms with Crippen molar-refractivity contribution in [3.8, 4) is 0 Å². The van der Waals surface area contributed by atoms with Crippen molar-refractivity contribution in [2.45, 2.75) is 13.2 Å². The first-order valence-corrected chi connectivity index (χ1v) is 6.85. The Hall–Kier alpha value is -1.57. The third kappa shape index (κ3) is 4.23. The van der Waals surface area contributed by atoms with Gasteiger partial charge in [0.2, 0.25) is 0 Å². The molecule has 0 spiro atoms. The van der Waals surface area contributed by atoms with E-state index >= 15 is 0 Å². The van der Waals surface area contributed by atoms with Crippen LogP contribution < -0.4 is 5.32 Å². The molecule has 5 nitrogen and oxygen atoms in total. The molecule has 0 saturated heterocycles. The summed E-state index contributed by atoms with van der Waals surface area (Å²) in [6.07, 6.45) is 1.46. The number of hydrogen-bond donors (Lipinski definition) is 1. The van der Waals surface area contributed by atoms with Gasteiger partial charge in [-0.15, -0.1) is 0 Å². The highest BCUT2D eigenvalue weighted by atomic mass is 127. The number of halogens is 1. The number of amides is 1. The van der Waals surface area contributed by atoms with Crippen LogP contribution in [0.4, 0.5) is 4.79 Å². The van der Waals surface area contributed by atoms with Crippen molar-refractivity contribution in [3.63, 3.8) is 0 Å². The summed E-state index contributed by atoms with van der Waals surface area (Å²) < 4.78 is 7.84. The zero-order valence-corrected chi connectivity index (χ0v) is 12.6. The van der Waals surface area contributed by atoms with E-state index in [1.807, 2.05) is 43.6 Å². The van der Waals surface area contributed by atoms with Crippen LogP contribution in [0.1, 0.15) is 11.3 Å². The molecule has 0 atom stereocenters. The quantitative estimate of drug-likeness (QED) is 0.841. The molecule has 0 aliphatic carbocycles. The molecular formula is C13H14IN3O2. The van der Waals surface area contributed by atoms with Gasteiger partial charge in [0.1, 0.15) is 6.61 Å². The van der Waals surface area contributed by atoms with Crippen LogP contribution in [0.3, 0.4) is 0 Å². The Balaban J connectivity index is 1.77. The van der Waals surface area contributed by atoms with Crippen molar-refractivity contribution >= 4 is 28.7 Å². The highest BCUT2D eigenvalue weighted by Crippen LogP contribution is 2.09. The lowest BCUT2D eigenvalue weighted by molar-refractivity contribution is 0.139. The first-order valence-electron chi connectivity index (χ1n) is 5.77. The lowest BCUT2D eigenvalue weighted by Crippen LogP contribution is -2.24. The minimum Gasteiger partial charge on any atom is -0.445 e. The van der Waals surface area contributed by atoms with Gasteiger partial charge in [0, 0.05) is 13.2 Å². The average molecular weight is 371 g/mol. The van der Waals surface area contributed by atoms with Gasteiger partial charge in [-0.2, -0.15) is 5.10 Å². The SMILES string of the molecule is Cn1cc(I)c(CNC(=O)OCc2ccccc2)n1. The fourth-order valence-corrected chi connectivity index (χ4v) is 2.26. The zero-order valence-electron chi connectivity index (χ0n) is 10.5. The summed E-state index contributed by atoms with van der Waals surface area (Å²) in [5.74, 6) is 0. The average Bonchev–Trinajstić information content (AvgIpc) is 2.73. The van der Waals surface area contributed by atoms with Gasteiger partial charge in [-0.3, -0.25) is 4.68 Å². The molecule has 0 unspecified atom stereocenters. The fraction of sp³-hybridized carbons (Fsp3) is 0.231. The first-order chi connectivity index (χ1) is 9.15. The molecule has 6 heteroatoms. The van der Waals surface area contributed by atoms with Crippen molar-refractivity contribution in [1.29, 1.82) is 0 Å². The predicted molar refractivity (Wildman–Crippen MR) is 79.4 cm³/mol. The molecule has 1 heterocycles. The summed E-state index contributed by atoms with van der Waals surface area (Å²) in [6, 6.07) is 9.57. The molecular weight excluding hydrogens is 357 g/mol. The van der Waals surface area contributed by atoms with Crippen molar-refractivity contribution < 1.29 is 9.53 Å². The van der Waals surface area contributed by atoms with E-state index in [1.165, 1.54) is 0 Å². The normalized spacial score (nSPS) is 10.2. The van der Waals surface area contributed by atoms with Crippen molar-refractivity contribution in [3.05, 3.63) is 51.4 Å². The summed E-state index contributed by atoms with van der Waals surface area (Å²) in [5.41, 5.74) is 1.80. The van der Waals surface area contributed by atoms with Crippen LogP contribution in [0, 0.1) is 3.57 Å². The molecule has 1 aromatic carbocycles. The minimum absolute atomic E-state index is 0.270. The van der Waals surface area contributed by atoms with Crippen molar-refractivity contribution in [2.24, 2.45) is 7.05 Å². The fourth-order valence-electron chi connectivity index (χ4n) is 1.56. The van der Waals surface area contributed by atoms with Crippen molar-refractivity contribution in [2.75, 3.05) is 0 Å². The number of hydrogen-bond acceptors (Lipinski definition) is 3. The minimum atomic E-state index is -0.440. The number of ether oxygens (including phenoxy) is 1. The highest BCUT2D eigenvalue weighted by Gasteiger charge is 2.07. The van der Waals surface area contributed by atoms with E-state index in [1.54, 1.807) is 4.68 Å². The lowest BCUT2D eigenvalue weighted by Gasteiger charge is -2.06. The maximum atomic E-state index is 11.5. The van der Waals surface area contributed by atoms with E-state index in [-0.39, 0.29) is 6.61 Å². The Morgan fingerprint density at radius 2 is 2.16 bits per heavy atom. The van der Waals surface area contributed by atoms with Crippen LogP contribution in [-0.4, -0.2) is 15.9 Å². The Morgan fingerprint density at radius 1 is 1.42 bits per heavy atom. The van der Waals surface area contributed by atoms with Gasteiger partial charge in [-0.1, -0.05) is 30.3 Å². The third-order valence-corrected chi connectivity index (χ3v) is 3.37. The van der Waals surface area contributed by atoms with Gasteiger partial charge >= 0.3 is 6.09 Å². The van der Waals surface area contributed by atoms with Crippen LogP contribution in [0.5, 0.6) is 0 Å². The summed E-state index contributed by atoms with van der Waals surface area (Å²) in [6.45, 7) is 0.638. The molecule has 19 heavy (non-hydrogen) atoms. The number of carbonyl (C=O) groups is 1. The molecule has 1 N–H and O–H groups in total. The first kappa shape index (κ1) is 13.9. The summed E-state index contributed by atoms with van der Waals surface area (Å²) in [4.78, 5) is 11.5.